The number of amidine groups is 1. The third kappa shape index (κ3) is 3.58. The lowest BCUT2D eigenvalue weighted by molar-refractivity contribution is 0.437. The summed E-state index contributed by atoms with van der Waals surface area (Å²) in [4.78, 5) is 11.3. The molecule has 33 heavy (non-hydrogen) atoms. The number of pyridine rings is 1. The summed E-state index contributed by atoms with van der Waals surface area (Å²) in [5.74, 6) is 1.78. The van der Waals surface area contributed by atoms with Gasteiger partial charge in [0, 0.05) is 30.2 Å². The van der Waals surface area contributed by atoms with Crippen molar-refractivity contribution in [2.75, 3.05) is 18.4 Å². The normalized spacial score (nSPS) is 17.7. The summed E-state index contributed by atoms with van der Waals surface area (Å²) < 4.78 is 30.5. The topological polar surface area (TPSA) is 60.8 Å². The highest BCUT2D eigenvalue weighted by Gasteiger charge is 2.28. The molecule has 2 aliphatic heterocycles. The van der Waals surface area contributed by atoms with E-state index in [1.54, 1.807) is 6.20 Å². The van der Waals surface area contributed by atoms with Crippen molar-refractivity contribution in [1.82, 2.24) is 9.88 Å². The standard InChI is InChI=1S/C26H22F2N4O/c1-3-18-21(27)9-8-16-12-17(33)13-19(22(16)18)24-23(28)25-20(14-29-24)26(31-15(2)30-25)32-10-6-4-5-7-11-32/h1,4-5,8-9,12-15,30,33H,6-7,10-11H2,2H3. The van der Waals surface area contributed by atoms with Crippen molar-refractivity contribution in [3.05, 3.63) is 65.4 Å². The second kappa shape index (κ2) is 8.21. The minimum atomic E-state index is -0.598. The summed E-state index contributed by atoms with van der Waals surface area (Å²) >= 11 is 0. The van der Waals surface area contributed by atoms with Crippen LogP contribution in [0.15, 0.2) is 47.6 Å². The molecule has 5 nitrogen and oxygen atoms in total. The van der Waals surface area contributed by atoms with E-state index in [0.717, 1.165) is 25.9 Å². The lowest BCUT2D eigenvalue weighted by Crippen LogP contribution is -2.38. The van der Waals surface area contributed by atoms with E-state index in [-0.39, 0.29) is 34.4 Å². The molecule has 2 aromatic carbocycles. The summed E-state index contributed by atoms with van der Waals surface area (Å²) in [6.07, 6.45) is 12.9. The first-order valence-corrected chi connectivity index (χ1v) is 10.8. The van der Waals surface area contributed by atoms with Gasteiger partial charge in [0.15, 0.2) is 5.82 Å². The number of hydrogen-bond acceptors (Lipinski definition) is 5. The quantitative estimate of drug-likeness (QED) is 0.408. The molecule has 0 radical (unpaired) electrons. The molecule has 1 atom stereocenters. The number of aromatic hydroxyl groups is 1. The number of nitrogens with one attached hydrogen (secondary N) is 1. The van der Waals surface area contributed by atoms with E-state index in [9.17, 15) is 9.50 Å². The fraction of sp³-hybridized carbons (Fsp3) is 0.231. The van der Waals surface area contributed by atoms with E-state index in [1.807, 2.05) is 6.92 Å². The van der Waals surface area contributed by atoms with Crippen LogP contribution in [-0.2, 0) is 0 Å². The molecule has 7 heteroatoms. The highest BCUT2D eigenvalue weighted by atomic mass is 19.1. The number of phenols is 1. The summed E-state index contributed by atoms with van der Waals surface area (Å²) in [6.45, 7) is 3.42. The molecule has 2 N–H and O–H groups in total. The molecule has 2 aliphatic rings. The molecule has 0 bridgehead atoms. The molecule has 166 valence electrons. The number of aromatic nitrogens is 1. The molecule has 0 saturated heterocycles. The molecule has 3 aromatic rings. The van der Waals surface area contributed by atoms with Gasteiger partial charge in [-0.25, -0.2) is 13.8 Å². The summed E-state index contributed by atoms with van der Waals surface area (Å²) in [6, 6.07) is 5.57. The van der Waals surface area contributed by atoms with Crippen molar-refractivity contribution in [1.29, 1.82) is 0 Å². The predicted octanol–water partition coefficient (Wildman–Crippen LogP) is 5.04. The molecule has 1 aromatic heterocycles. The van der Waals surface area contributed by atoms with E-state index in [1.165, 1.54) is 24.3 Å². The van der Waals surface area contributed by atoms with Crippen molar-refractivity contribution in [3.63, 3.8) is 0 Å². The Morgan fingerprint density at radius 1 is 1.15 bits per heavy atom. The van der Waals surface area contributed by atoms with Crippen LogP contribution >= 0.6 is 0 Å². The molecule has 1 unspecified atom stereocenters. The van der Waals surface area contributed by atoms with Gasteiger partial charge in [0.25, 0.3) is 0 Å². The number of aliphatic imine (C=N–C) groups is 1. The van der Waals surface area contributed by atoms with E-state index in [4.69, 9.17) is 11.4 Å². The predicted molar refractivity (Wildman–Crippen MR) is 126 cm³/mol. The Labute approximate surface area is 190 Å². The van der Waals surface area contributed by atoms with Crippen molar-refractivity contribution >= 4 is 22.3 Å². The maximum atomic E-state index is 16.0. The van der Waals surface area contributed by atoms with Crippen LogP contribution in [0.3, 0.4) is 0 Å². The van der Waals surface area contributed by atoms with E-state index >= 15 is 4.39 Å². The molecule has 0 fully saturated rings. The van der Waals surface area contributed by atoms with Gasteiger partial charge in [-0.3, -0.25) is 4.98 Å². The number of phenolic OH excluding ortho intramolecular Hbond substituents is 1. The van der Waals surface area contributed by atoms with E-state index in [2.05, 4.69) is 33.3 Å². The van der Waals surface area contributed by atoms with Gasteiger partial charge < -0.3 is 15.3 Å². The van der Waals surface area contributed by atoms with Crippen molar-refractivity contribution in [2.24, 2.45) is 4.99 Å². The van der Waals surface area contributed by atoms with Crippen molar-refractivity contribution < 1.29 is 13.9 Å². The molecule has 0 aliphatic carbocycles. The minimum Gasteiger partial charge on any atom is -0.508 e. The SMILES string of the molecule is C#Cc1c(F)ccc2cc(O)cc(-c3ncc4c(c3F)NC(C)N=C4N3CCC=CCC3)c12. The lowest BCUT2D eigenvalue weighted by Gasteiger charge is -2.31. The zero-order valence-electron chi connectivity index (χ0n) is 18.1. The largest absolute Gasteiger partial charge is 0.508 e. The minimum absolute atomic E-state index is 0.00191. The Hall–Kier alpha value is -3.92. The first-order valence-electron chi connectivity index (χ1n) is 10.8. The Balaban J connectivity index is 1.70. The van der Waals surface area contributed by atoms with Crippen molar-refractivity contribution in [2.45, 2.75) is 25.9 Å². The van der Waals surface area contributed by atoms with Crippen LogP contribution in [0.1, 0.15) is 30.9 Å². The molecule has 0 amide bonds. The van der Waals surface area contributed by atoms with Crippen LogP contribution in [0.5, 0.6) is 5.75 Å². The van der Waals surface area contributed by atoms with Gasteiger partial charge in [-0.15, -0.1) is 6.42 Å². The van der Waals surface area contributed by atoms with Gasteiger partial charge in [0.05, 0.1) is 16.8 Å². The van der Waals surface area contributed by atoms with Crippen LogP contribution in [0, 0.1) is 24.0 Å². The summed E-state index contributed by atoms with van der Waals surface area (Å²) in [5.41, 5.74) is 1.07. The third-order valence-electron chi connectivity index (χ3n) is 5.98. The highest BCUT2D eigenvalue weighted by Crippen LogP contribution is 2.39. The second-order valence-electron chi connectivity index (χ2n) is 8.18. The Bertz CT molecular complexity index is 1360. The number of halogens is 2. The number of benzene rings is 2. The zero-order valence-corrected chi connectivity index (χ0v) is 18.1. The molecule has 3 heterocycles. The lowest BCUT2D eigenvalue weighted by atomic mass is 9.95. The number of hydrogen-bond donors (Lipinski definition) is 2. The van der Waals surface area contributed by atoms with Gasteiger partial charge in [-0.05, 0) is 43.4 Å². The average Bonchev–Trinajstić information content (AvgIpc) is 3.08. The van der Waals surface area contributed by atoms with Crippen LogP contribution in [0.2, 0.25) is 0 Å². The number of fused-ring (bicyclic) bond motifs is 2. The number of terminal acetylenes is 1. The second-order valence-corrected chi connectivity index (χ2v) is 8.18. The fourth-order valence-electron chi connectivity index (χ4n) is 4.50. The zero-order chi connectivity index (χ0) is 23.1. The van der Waals surface area contributed by atoms with E-state index < -0.39 is 11.6 Å². The van der Waals surface area contributed by atoms with Crippen LogP contribution in [0.25, 0.3) is 22.0 Å². The average molecular weight is 444 g/mol. The monoisotopic (exact) mass is 444 g/mol. The first-order chi connectivity index (χ1) is 16.0. The van der Waals surface area contributed by atoms with Gasteiger partial charge in [-0.2, -0.15) is 0 Å². The van der Waals surface area contributed by atoms with Gasteiger partial charge in [-0.1, -0.05) is 24.1 Å². The van der Waals surface area contributed by atoms with Crippen LogP contribution in [0.4, 0.5) is 14.5 Å². The molecule has 0 spiro atoms. The smallest absolute Gasteiger partial charge is 0.173 e. The summed E-state index contributed by atoms with van der Waals surface area (Å²) in [5, 5.41) is 14.2. The fourth-order valence-corrected chi connectivity index (χ4v) is 4.50. The highest BCUT2D eigenvalue weighted by molar-refractivity contribution is 6.06. The number of nitrogens with zero attached hydrogens (tertiary/aromatic N) is 3. The van der Waals surface area contributed by atoms with Crippen molar-refractivity contribution in [3.8, 4) is 29.4 Å². The maximum absolute atomic E-state index is 16.0. The first kappa shape index (κ1) is 21.0. The van der Waals surface area contributed by atoms with E-state index in [0.29, 0.717) is 22.2 Å². The Morgan fingerprint density at radius 2 is 1.91 bits per heavy atom. The van der Waals surface area contributed by atoms with Gasteiger partial charge in [0.1, 0.15) is 29.3 Å². The molecular formula is C26H22F2N4O. The summed E-state index contributed by atoms with van der Waals surface area (Å²) in [7, 11) is 0. The third-order valence-corrected chi connectivity index (χ3v) is 5.98. The Morgan fingerprint density at radius 3 is 2.64 bits per heavy atom. The van der Waals surface area contributed by atoms with Crippen LogP contribution in [-0.4, -0.2) is 40.1 Å². The number of rotatable bonds is 1. The molecular weight excluding hydrogens is 422 g/mol. The molecule has 5 rings (SSSR count). The van der Waals surface area contributed by atoms with Gasteiger partial charge in [0.2, 0.25) is 0 Å². The Kier molecular flexibility index (Phi) is 5.21. The van der Waals surface area contributed by atoms with Crippen LogP contribution < -0.4 is 5.32 Å². The van der Waals surface area contributed by atoms with Gasteiger partial charge >= 0.3 is 0 Å². The maximum Gasteiger partial charge on any atom is 0.173 e. The number of anilines is 1. The molecule has 0 saturated carbocycles.